The number of hydrazone groups is 1. The topological polar surface area (TPSA) is 89.4 Å². The van der Waals surface area contributed by atoms with Gasteiger partial charge in [-0.15, -0.1) is 0 Å². The molecular weight excluding hydrogens is 324 g/mol. The van der Waals surface area contributed by atoms with Gasteiger partial charge in [0, 0.05) is 11.1 Å². The first-order chi connectivity index (χ1) is 12.0. The van der Waals surface area contributed by atoms with Crippen molar-refractivity contribution >= 4 is 11.6 Å². The van der Waals surface area contributed by atoms with Gasteiger partial charge >= 0.3 is 0 Å². The summed E-state index contributed by atoms with van der Waals surface area (Å²) in [5, 5.41) is 13.4. The molecule has 0 radical (unpaired) electrons. The van der Waals surface area contributed by atoms with Crippen LogP contribution in [0.1, 0.15) is 22.8 Å². The van der Waals surface area contributed by atoms with Gasteiger partial charge in [0.15, 0.2) is 11.5 Å². The van der Waals surface area contributed by atoms with Crippen LogP contribution in [0.5, 0.6) is 23.0 Å². The Hall–Kier alpha value is -3.22. The number of amides is 1. The van der Waals surface area contributed by atoms with E-state index in [-0.39, 0.29) is 11.7 Å². The maximum Gasteiger partial charge on any atom is 0.271 e. The summed E-state index contributed by atoms with van der Waals surface area (Å²) in [4.78, 5) is 12.1. The third kappa shape index (κ3) is 4.20. The number of benzene rings is 2. The van der Waals surface area contributed by atoms with Gasteiger partial charge in [-0.2, -0.15) is 5.10 Å². The number of phenols is 1. The number of nitrogens with zero attached hydrogens (tertiary/aromatic N) is 1. The van der Waals surface area contributed by atoms with E-state index in [0.717, 1.165) is 0 Å². The van der Waals surface area contributed by atoms with Crippen molar-refractivity contribution in [3.63, 3.8) is 0 Å². The number of aromatic hydroxyl groups is 1. The van der Waals surface area contributed by atoms with Gasteiger partial charge in [-0.1, -0.05) is 0 Å². The van der Waals surface area contributed by atoms with Crippen LogP contribution in [0.3, 0.4) is 0 Å². The molecular formula is C18H20N2O5. The highest BCUT2D eigenvalue weighted by Crippen LogP contribution is 2.38. The highest BCUT2D eigenvalue weighted by atomic mass is 16.5. The largest absolute Gasteiger partial charge is 0.508 e. The first-order valence-corrected chi connectivity index (χ1v) is 7.44. The lowest BCUT2D eigenvalue weighted by Gasteiger charge is -2.14. The average molecular weight is 344 g/mol. The Kier molecular flexibility index (Phi) is 5.84. The van der Waals surface area contributed by atoms with E-state index in [2.05, 4.69) is 10.5 Å². The third-order valence-corrected chi connectivity index (χ3v) is 3.54. The van der Waals surface area contributed by atoms with E-state index in [4.69, 9.17) is 14.2 Å². The highest BCUT2D eigenvalue weighted by Gasteiger charge is 2.14. The van der Waals surface area contributed by atoms with Crippen molar-refractivity contribution in [3.05, 3.63) is 47.5 Å². The van der Waals surface area contributed by atoms with Crippen molar-refractivity contribution in [2.24, 2.45) is 5.10 Å². The molecule has 0 unspecified atom stereocenters. The second-order valence-corrected chi connectivity index (χ2v) is 5.10. The Labute approximate surface area is 145 Å². The molecule has 0 spiro atoms. The lowest BCUT2D eigenvalue weighted by atomic mass is 10.1. The number of rotatable bonds is 6. The van der Waals surface area contributed by atoms with Gasteiger partial charge in [0.1, 0.15) is 5.75 Å². The van der Waals surface area contributed by atoms with E-state index < -0.39 is 0 Å². The Morgan fingerprint density at radius 1 is 0.960 bits per heavy atom. The van der Waals surface area contributed by atoms with Gasteiger partial charge in [0.2, 0.25) is 5.75 Å². The Morgan fingerprint density at radius 3 is 2.00 bits per heavy atom. The van der Waals surface area contributed by atoms with Crippen LogP contribution in [0.2, 0.25) is 0 Å². The minimum Gasteiger partial charge on any atom is -0.508 e. The maximum atomic E-state index is 12.1. The zero-order valence-electron chi connectivity index (χ0n) is 14.5. The molecule has 2 aromatic rings. The number of hydrogen-bond donors (Lipinski definition) is 2. The van der Waals surface area contributed by atoms with Crippen molar-refractivity contribution in [3.8, 4) is 23.0 Å². The van der Waals surface area contributed by atoms with Crippen molar-refractivity contribution in [1.29, 1.82) is 0 Å². The lowest BCUT2D eigenvalue weighted by molar-refractivity contribution is 0.0955. The van der Waals surface area contributed by atoms with Crippen LogP contribution in [0.15, 0.2) is 41.5 Å². The van der Waals surface area contributed by atoms with E-state index in [9.17, 15) is 9.90 Å². The third-order valence-electron chi connectivity index (χ3n) is 3.54. The molecule has 0 saturated heterocycles. The summed E-state index contributed by atoms with van der Waals surface area (Å²) in [7, 11) is 4.58. The van der Waals surface area contributed by atoms with Crippen LogP contribution in [-0.2, 0) is 0 Å². The van der Waals surface area contributed by atoms with Crippen molar-refractivity contribution < 1.29 is 24.1 Å². The molecule has 2 aromatic carbocycles. The summed E-state index contributed by atoms with van der Waals surface area (Å²) in [5.41, 5.74) is 4.13. The Bertz CT molecular complexity index is 760. The predicted molar refractivity (Wildman–Crippen MR) is 93.9 cm³/mol. The molecule has 7 heteroatoms. The number of ether oxygens (including phenoxy) is 3. The first-order valence-electron chi connectivity index (χ1n) is 7.44. The molecule has 0 atom stereocenters. The van der Waals surface area contributed by atoms with Crippen LogP contribution in [0.25, 0.3) is 0 Å². The van der Waals surface area contributed by atoms with Crippen LogP contribution in [0.4, 0.5) is 0 Å². The van der Waals surface area contributed by atoms with Crippen molar-refractivity contribution in [2.45, 2.75) is 6.92 Å². The standard InChI is InChI=1S/C18H20N2O5/c1-11(19-20-18(22)12-5-7-14(21)8-6-12)13-9-15(23-2)17(25-4)16(10-13)24-3/h5-10,21H,1-4H3,(H,20,22)/b19-11-. The fourth-order valence-corrected chi connectivity index (χ4v) is 2.17. The molecule has 0 aliphatic heterocycles. The van der Waals surface area contributed by atoms with Gasteiger partial charge in [-0.3, -0.25) is 4.79 Å². The molecule has 2 rings (SSSR count). The summed E-state index contributed by atoms with van der Waals surface area (Å²) in [5.74, 6) is 1.18. The second kappa shape index (κ2) is 8.05. The molecule has 25 heavy (non-hydrogen) atoms. The molecule has 0 fully saturated rings. The summed E-state index contributed by atoms with van der Waals surface area (Å²) in [6.07, 6.45) is 0. The maximum absolute atomic E-state index is 12.1. The van der Waals surface area contributed by atoms with E-state index >= 15 is 0 Å². The number of carbonyl (C=O) groups is 1. The van der Waals surface area contributed by atoms with Gasteiger partial charge in [-0.05, 0) is 43.3 Å². The Balaban J connectivity index is 2.24. The highest BCUT2D eigenvalue weighted by molar-refractivity contribution is 6.01. The molecule has 0 aromatic heterocycles. The molecule has 2 N–H and O–H groups in total. The van der Waals surface area contributed by atoms with Gasteiger partial charge < -0.3 is 19.3 Å². The quantitative estimate of drug-likeness (QED) is 0.621. The van der Waals surface area contributed by atoms with Crippen LogP contribution in [0, 0.1) is 0 Å². The average Bonchev–Trinajstić information content (AvgIpc) is 2.64. The van der Waals surface area contributed by atoms with Gasteiger partial charge in [-0.25, -0.2) is 5.43 Å². The number of carbonyl (C=O) groups excluding carboxylic acids is 1. The smallest absolute Gasteiger partial charge is 0.271 e. The predicted octanol–water partition coefficient (Wildman–Crippen LogP) is 2.57. The zero-order valence-corrected chi connectivity index (χ0v) is 14.5. The first kappa shape index (κ1) is 18.1. The van der Waals surface area contributed by atoms with Crippen LogP contribution < -0.4 is 19.6 Å². The minimum absolute atomic E-state index is 0.0913. The van der Waals surface area contributed by atoms with Gasteiger partial charge in [0.25, 0.3) is 5.91 Å². The van der Waals surface area contributed by atoms with Crippen molar-refractivity contribution in [2.75, 3.05) is 21.3 Å². The Morgan fingerprint density at radius 2 is 1.52 bits per heavy atom. The molecule has 0 aliphatic rings. The monoisotopic (exact) mass is 344 g/mol. The fraction of sp³-hybridized carbons (Fsp3) is 0.222. The molecule has 132 valence electrons. The SMILES string of the molecule is COc1cc(/C(C)=N\NC(=O)c2ccc(O)cc2)cc(OC)c1OC. The summed E-state index contributed by atoms with van der Waals surface area (Å²) in [6.45, 7) is 1.75. The van der Waals surface area contributed by atoms with Crippen molar-refractivity contribution in [1.82, 2.24) is 5.43 Å². The molecule has 0 saturated carbocycles. The summed E-state index contributed by atoms with van der Waals surface area (Å²) in [6, 6.07) is 9.37. The van der Waals surface area contributed by atoms with Crippen LogP contribution >= 0.6 is 0 Å². The summed E-state index contributed by atoms with van der Waals surface area (Å²) < 4.78 is 15.9. The number of methoxy groups -OCH3 is 3. The summed E-state index contributed by atoms with van der Waals surface area (Å²) >= 11 is 0. The van der Waals surface area contributed by atoms with Gasteiger partial charge in [0.05, 0.1) is 27.0 Å². The van der Waals surface area contributed by atoms with Crippen LogP contribution in [-0.4, -0.2) is 38.1 Å². The second-order valence-electron chi connectivity index (χ2n) is 5.10. The lowest BCUT2D eigenvalue weighted by Crippen LogP contribution is -2.19. The minimum atomic E-state index is -0.383. The molecule has 0 bridgehead atoms. The number of nitrogens with one attached hydrogen (secondary N) is 1. The molecule has 0 heterocycles. The normalized spacial score (nSPS) is 11.0. The molecule has 1 amide bonds. The number of hydrogen-bond acceptors (Lipinski definition) is 6. The number of phenolic OH excluding ortho intramolecular Hbond substituents is 1. The van der Waals surface area contributed by atoms with E-state index in [1.54, 1.807) is 19.1 Å². The van der Waals surface area contributed by atoms with E-state index in [1.165, 1.54) is 45.6 Å². The zero-order chi connectivity index (χ0) is 18.4. The van der Waals surface area contributed by atoms with E-state index in [0.29, 0.717) is 34.1 Å². The molecule has 7 nitrogen and oxygen atoms in total. The fourth-order valence-electron chi connectivity index (χ4n) is 2.17. The van der Waals surface area contributed by atoms with E-state index in [1.807, 2.05) is 0 Å². The molecule has 0 aliphatic carbocycles.